The van der Waals surface area contributed by atoms with E-state index in [0.29, 0.717) is 4.47 Å². The molecule has 1 aromatic heterocycles. The van der Waals surface area contributed by atoms with Crippen LogP contribution in [0.2, 0.25) is 0 Å². The van der Waals surface area contributed by atoms with Gasteiger partial charge in [0.15, 0.2) is 0 Å². The van der Waals surface area contributed by atoms with Crippen LogP contribution in [0.1, 0.15) is 19.3 Å². The number of hydrogen-bond acceptors (Lipinski definition) is 3. The van der Waals surface area contributed by atoms with Gasteiger partial charge in [-0.3, -0.25) is 4.98 Å². The molecule has 0 spiro atoms. The van der Waals surface area contributed by atoms with E-state index >= 15 is 0 Å². The zero-order valence-corrected chi connectivity index (χ0v) is 10.4. The van der Waals surface area contributed by atoms with Crippen molar-refractivity contribution in [3.05, 3.63) is 22.9 Å². The highest BCUT2D eigenvalue weighted by Gasteiger charge is 2.24. The molecule has 15 heavy (non-hydrogen) atoms. The minimum Gasteiger partial charge on any atom is -0.262 e. The van der Waals surface area contributed by atoms with Gasteiger partial charge in [0.25, 0.3) is 0 Å². The number of hydrogen-bond donors (Lipinski definition) is 1. The lowest BCUT2D eigenvalue weighted by Gasteiger charge is -2.25. The van der Waals surface area contributed by atoms with E-state index < -0.39 is 10.0 Å². The van der Waals surface area contributed by atoms with Gasteiger partial charge in [-0.15, -0.1) is 0 Å². The minimum absolute atomic E-state index is 0.106. The first kappa shape index (κ1) is 11.0. The molecule has 1 aromatic rings. The second-order valence-electron chi connectivity index (χ2n) is 3.59. The zero-order valence-electron chi connectivity index (χ0n) is 7.98. The lowest BCUT2D eigenvalue weighted by atomic mass is 9.94. The normalized spacial score (nSPS) is 17.4. The molecular formula is C9H11BrN2O2S. The van der Waals surface area contributed by atoms with Crippen LogP contribution >= 0.6 is 15.9 Å². The molecule has 1 heterocycles. The maximum absolute atomic E-state index is 11.8. The standard InChI is InChI=1S/C9H11BrN2O2S/c10-7-4-9(6-11-5-7)15(13,14)12-8-2-1-3-8/h4-6,8,12H,1-3H2. The van der Waals surface area contributed by atoms with Gasteiger partial charge in [-0.2, -0.15) is 0 Å². The van der Waals surface area contributed by atoms with E-state index in [-0.39, 0.29) is 10.9 Å². The van der Waals surface area contributed by atoms with Crippen molar-refractivity contribution in [1.29, 1.82) is 0 Å². The van der Waals surface area contributed by atoms with Gasteiger partial charge < -0.3 is 0 Å². The van der Waals surface area contributed by atoms with E-state index in [0.717, 1.165) is 19.3 Å². The quantitative estimate of drug-likeness (QED) is 0.921. The van der Waals surface area contributed by atoms with Gasteiger partial charge >= 0.3 is 0 Å². The first-order chi connectivity index (χ1) is 7.08. The molecule has 1 saturated carbocycles. The summed E-state index contributed by atoms with van der Waals surface area (Å²) in [6, 6.07) is 1.66. The van der Waals surface area contributed by atoms with Gasteiger partial charge in [0, 0.05) is 22.9 Å². The van der Waals surface area contributed by atoms with Crippen LogP contribution in [0.15, 0.2) is 27.8 Å². The summed E-state index contributed by atoms with van der Waals surface area (Å²) in [7, 11) is -3.39. The van der Waals surface area contributed by atoms with Crippen LogP contribution in [0.25, 0.3) is 0 Å². The molecule has 0 atom stereocenters. The summed E-state index contributed by atoms with van der Waals surface area (Å²) in [6.07, 6.45) is 5.87. The molecule has 82 valence electrons. The predicted octanol–water partition coefficient (Wildman–Crippen LogP) is 1.67. The highest BCUT2D eigenvalue weighted by Crippen LogP contribution is 2.21. The van der Waals surface area contributed by atoms with Crippen molar-refractivity contribution < 1.29 is 8.42 Å². The van der Waals surface area contributed by atoms with E-state index in [1.165, 1.54) is 6.20 Å². The zero-order chi connectivity index (χ0) is 10.9. The number of nitrogens with zero attached hydrogens (tertiary/aromatic N) is 1. The third kappa shape index (κ3) is 2.56. The topological polar surface area (TPSA) is 59.1 Å². The van der Waals surface area contributed by atoms with Crippen LogP contribution in [0, 0.1) is 0 Å². The maximum Gasteiger partial charge on any atom is 0.242 e. The lowest BCUT2D eigenvalue weighted by molar-refractivity contribution is 0.383. The average molecular weight is 291 g/mol. The van der Waals surface area contributed by atoms with Gasteiger partial charge in [0.1, 0.15) is 4.90 Å². The van der Waals surface area contributed by atoms with E-state index in [1.807, 2.05) is 0 Å². The van der Waals surface area contributed by atoms with E-state index in [2.05, 4.69) is 25.6 Å². The van der Waals surface area contributed by atoms with Crippen LogP contribution in [0.5, 0.6) is 0 Å². The number of pyridine rings is 1. The molecule has 0 aromatic carbocycles. The highest BCUT2D eigenvalue weighted by molar-refractivity contribution is 9.10. The van der Waals surface area contributed by atoms with Crippen LogP contribution in [-0.4, -0.2) is 19.4 Å². The summed E-state index contributed by atoms with van der Waals surface area (Å²) < 4.78 is 26.9. The van der Waals surface area contributed by atoms with Gasteiger partial charge in [-0.1, -0.05) is 6.42 Å². The molecule has 1 aliphatic carbocycles. The molecule has 0 unspecified atom stereocenters. The van der Waals surface area contributed by atoms with Gasteiger partial charge in [0.05, 0.1) is 0 Å². The lowest BCUT2D eigenvalue weighted by Crippen LogP contribution is -2.39. The molecule has 0 amide bonds. The van der Waals surface area contributed by atoms with E-state index in [4.69, 9.17) is 0 Å². The van der Waals surface area contributed by atoms with Crippen LogP contribution in [0.4, 0.5) is 0 Å². The molecule has 1 fully saturated rings. The number of halogens is 1. The molecule has 0 saturated heterocycles. The van der Waals surface area contributed by atoms with Crippen molar-refractivity contribution >= 4 is 26.0 Å². The number of aromatic nitrogens is 1. The second-order valence-corrected chi connectivity index (χ2v) is 6.22. The summed E-state index contributed by atoms with van der Waals surface area (Å²) >= 11 is 3.20. The van der Waals surface area contributed by atoms with Gasteiger partial charge in [-0.25, -0.2) is 13.1 Å². The summed E-state index contributed by atoms with van der Waals surface area (Å²) in [4.78, 5) is 4.05. The van der Waals surface area contributed by atoms with Crippen molar-refractivity contribution in [3.8, 4) is 0 Å². The number of rotatable bonds is 3. The van der Waals surface area contributed by atoms with Crippen molar-refractivity contribution in [2.45, 2.75) is 30.2 Å². The van der Waals surface area contributed by atoms with E-state index in [1.54, 1.807) is 12.3 Å². The molecule has 0 aliphatic heterocycles. The number of sulfonamides is 1. The Morgan fingerprint density at radius 1 is 1.40 bits per heavy atom. The van der Waals surface area contributed by atoms with Crippen LogP contribution < -0.4 is 4.72 Å². The Labute approximate surface area is 97.3 Å². The summed E-state index contributed by atoms with van der Waals surface area (Å²) in [5.74, 6) is 0. The maximum atomic E-state index is 11.8. The average Bonchev–Trinajstić information content (AvgIpc) is 2.12. The fraction of sp³-hybridized carbons (Fsp3) is 0.444. The minimum atomic E-state index is -3.39. The fourth-order valence-electron chi connectivity index (χ4n) is 1.35. The van der Waals surface area contributed by atoms with Gasteiger partial charge in [0.2, 0.25) is 10.0 Å². The molecule has 4 nitrogen and oxygen atoms in total. The molecule has 0 bridgehead atoms. The van der Waals surface area contributed by atoms with Crippen molar-refractivity contribution in [2.75, 3.05) is 0 Å². The Kier molecular flexibility index (Phi) is 3.08. The molecular weight excluding hydrogens is 280 g/mol. The Bertz CT molecular complexity index is 457. The smallest absolute Gasteiger partial charge is 0.242 e. The third-order valence-electron chi connectivity index (χ3n) is 2.42. The first-order valence-electron chi connectivity index (χ1n) is 4.71. The fourth-order valence-corrected chi connectivity index (χ4v) is 3.16. The van der Waals surface area contributed by atoms with Gasteiger partial charge in [-0.05, 0) is 34.8 Å². The second kappa shape index (κ2) is 4.19. The Morgan fingerprint density at radius 2 is 2.13 bits per heavy atom. The van der Waals surface area contributed by atoms with Crippen LogP contribution in [-0.2, 0) is 10.0 Å². The molecule has 0 radical (unpaired) electrons. The Hall–Kier alpha value is -0.460. The predicted molar refractivity (Wildman–Crippen MR) is 59.9 cm³/mol. The first-order valence-corrected chi connectivity index (χ1v) is 6.98. The summed E-state index contributed by atoms with van der Waals surface area (Å²) in [5, 5.41) is 0. The van der Waals surface area contributed by atoms with Crippen molar-refractivity contribution in [3.63, 3.8) is 0 Å². The number of nitrogens with one attached hydrogen (secondary N) is 1. The van der Waals surface area contributed by atoms with Crippen molar-refractivity contribution in [1.82, 2.24) is 9.71 Å². The molecule has 6 heteroatoms. The Morgan fingerprint density at radius 3 is 2.67 bits per heavy atom. The van der Waals surface area contributed by atoms with Crippen molar-refractivity contribution in [2.24, 2.45) is 0 Å². The third-order valence-corrected chi connectivity index (χ3v) is 4.34. The summed E-state index contributed by atoms with van der Waals surface area (Å²) in [5.41, 5.74) is 0. The highest BCUT2D eigenvalue weighted by atomic mass is 79.9. The van der Waals surface area contributed by atoms with Crippen LogP contribution in [0.3, 0.4) is 0 Å². The largest absolute Gasteiger partial charge is 0.262 e. The van der Waals surface area contributed by atoms with E-state index in [9.17, 15) is 8.42 Å². The molecule has 1 aliphatic rings. The molecule has 2 rings (SSSR count). The summed E-state index contributed by atoms with van der Waals surface area (Å²) in [6.45, 7) is 0. The molecule has 1 N–H and O–H groups in total. The monoisotopic (exact) mass is 290 g/mol. The SMILES string of the molecule is O=S(=O)(NC1CCC1)c1cncc(Br)c1. The Balaban J connectivity index is 2.20.